The van der Waals surface area contributed by atoms with Gasteiger partial charge in [0.1, 0.15) is 62.9 Å². The zero-order valence-electron chi connectivity index (χ0n) is 41.7. The van der Waals surface area contributed by atoms with Gasteiger partial charge in [0.15, 0.2) is 23.0 Å². The zero-order valence-corrected chi connectivity index (χ0v) is 41.7. The van der Waals surface area contributed by atoms with Gasteiger partial charge in [-0.05, 0) is 99.2 Å². The highest BCUT2D eigenvalue weighted by Gasteiger charge is 2.29. The lowest BCUT2D eigenvalue weighted by Crippen LogP contribution is -2.46. The quantitative estimate of drug-likeness (QED) is 0.0355. The Labute approximate surface area is 421 Å². The van der Waals surface area contributed by atoms with E-state index in [1.165, 1.54) is 0 Å². The van der Waals surface area contributed by atoms with Crippen LogP contribution in [0.5, 0.6) is 23.0 Å². The average Bonchev–Trinajstić information content (AvgIpc) is 3.35. The molecule has 72 heavy (non-hydrogen) atoms. The Balaban J connectivity index is 1.14. The highest BCUT2D eigenvalue weighted by Crippen LogP contribution is 2.32. The average molecular weight is 981 g/mol. The Bertz CT molecular complexity index is 2470. The van der Waals surface area contributed by atoms with Crippen LogP contribution in [0.4, 0.5) is 9.59 Å². The van der Waals surface area contributed by atoms with Crippen molar-refractivity contribution in [1.82, 2.24) is 10.6 Å². The van der Waals surface area contributed by atoms with Gasteiger partial charge in [-0.3, -0.25) is 0 Å². The molecule has 0 saturated heterocycles. The van der Waals surface area contributed by atoms with Crippen LogP contribution in [0.25, 0.3) is 0 Å². The van der Waals surface area contributed by atoms with E-state index < -0.39 is 47.4 Å². The Morgan fingerprint density at radius 2 is 0.681 bits per heavy atom. The van der Waals surface area contributed by atoms with E-state index in [2.05, 4.69) is 10.6 Å². The van der Waals surface area contributed by atoms with Crippen molar-refractivity contribution < 1.29 is 57.1 Å². The first kappa shape index (κ1) is 53.4. The molecule has 2 amide bonds. The molecule has 0 fully saturated rings. The summed E-state index contributed by atoms with van der Waals surface area (Å²) in [6.07, 6.45) is -1.71. The number of nitrogens with one attached hydrogen (secondary N) is 2. The molecule has 6 aromatic carbocycles. The molecule has 0 aliphatic rings. The van der Waals surface area contributed by atoms with Crippen LogP contribution in [-0.4, -0.2) is 60.6 Å². The van der Waals surface area contributed by atoms with Crippen LogP contribution >= 0.6 is 0 Å². The van der Waals surface area contributed by atoms with Crippen LogP contribution < -0.4 is 29.6 Å². The molecule has 6 aromatic rings. The van der Waals surface area contributed by atoms with Crippen molar-refractivity contribution in [2.45, 2.75) is 104 Å². The highest BCUT2D eigenvalue weighted by atomic mass is 16.6. The molecule has 2 N–H and O–H groups in total. The fourth-order valence-corrected chi connectivity index (χ4v) is 7.01. The Morgan fingerprint density at radius 3 is 0.972 bits per heavy atom. The molecule has 0 radical (unpaired) electrons. The summed E-state index contributed by atoms with van der Waals surface area (Å²) >= 11 is 0. The summed E-state index contributed by atoms with van der Waals surface area (Å²) in [6.45, 7) is 10.6. The molecule has 14 nitrogen and oxygen atoms in total. The summed E-state index contributed by atoms with van der Waals surface area (Å²) in [5.74, 6) is 0.215. The van der Waals surface area contributed by atoms with Crippen molar-refractivity contribution in [2.75, 3.05) is 13.2 Å². The van der Waals surface area contributed by atoms with Crippen LogP contribution in [0.2, 0.25) is 0 Å². The van der Waals surface area contributed by atoms with Gasteiger partial charge in [0.2, 0.25) is 0 Å². The highest BCUT2D eigenvalue weighted by molar-refractivity contribution is 5.83. The summed E-state index contributed by atoms with van der Waals surface area (Å²) in [6, 6.07) is 46.8. The zero-order chi connectivity index (χ0) is 51.4. The molecule has 0 unspecified atom stereocenters. The summed E-state index contributed by atoms with van der Waals surface area (Å²) in [4.78, 5) is 53.8. The van der Waals surface area contributed by atoms with Crippen molar-refractivity contribution in [3.63, 3.8) is 0 Å². The van der Waals surface area contributed by atoms with Gasteiger partial charge in [0, 0.05) is 12.8 Å². The lowest BCUT2D eigenvalue weighted by Gasteiger charge is -2.24. The number of hydrogen-bond donors (Lipinski definition) is 2. The van der Waals surface area contributed by atoms with E-state index in [1.54, 1.807) is 77.9 Å². The number of esters is 2. The van der Waals surface area contributed by atoms with E-state index in [-0.39, 0.29) is 39.3 Å². The predicted octanol–water partition coefficient (Wildman–Crippen LogP) is 10.7. The van der Waals surface area contributed by atoms with Crippen LogP contribution in [0.15, 0.2) is 158 Å². The van der Waals surface area contributed by atoms with E-state index in [0.29, 0.717) is 47.3 Å². The molecule has 0 aliphatic carbocycles. The number of rotatable bonds is 23. The van der Waals surface area contributed by atoms with Gasteiger partial charge >= 0.3 is 24.1 Å². The van der Waals surface area contributed by atoms with Crippen LogP contribution in [0.3, 0.4) is 0 Å². The van der Waals surface area contributed by atoms with Gasteiger partial charge in [-0.15, -0.1) is 0 Å². The van der Waals surface area contributed by atoms with E-state index in [9.17, 15) is 19.2 Å². The van der Waals surface area contributed by atoms with Crippen molar-refractivity contribution in [1.29, 1.82) is 0 Å². The van der Waals surface area contributed by atoms with Gasteiger partial charge in [-0.1, -0.05) is 133 Å². The first-order chi connectivity index (χ1) is 34.5. The van der Waals surface area contributed by atoms with Gasteiger partial charge < -0.3 is 48.5 Å². The number of hydrogen-bond acceptors (Lipinski definition) is 12. The summed E-state index contributed by atoms with van der Waals surface area (Å²) in [7, 11) is 0. The second kappa shape index (κ2) is 26.3. The van der Waals surface area contributed by atoms with Gasteiger partial charge in [0.05, 0.1) is 0 Å². The Morgan fingerprint density at radius 1 is 0.389 bits per heavy atom. The molecule has 14 heteroatoms. The number of ether oxygens (including phenoxy) is 8. The monoisotopic (exact) mass is 980 g/mol. The van der Waals surface area contributed by atoms with Gasteiger partial charge in [-0.25, -0.2) is 19.2 Å². The Hall–Kier alpha value is -8.00. The molecular formula is C58H64N2O12. The first-order valence-corrected chi connectivity index (χ1v) is 23.8. The largest absolute Gasteiger partial charge is 0.485 e. The van der Waals surface area contributed by atoms with E-state index >= 15 is 0 Å². The summed E-state index contributed by atoms with van der Waals surface area (Å²) in [5.41, 5.74) is 3.34. The molecule has 0 heterocycles. The molecule has 0 aromatic heterocycles. The number of alkyl carbamates (subject to hydrolysis) is 2. The van der Waals surface area contributed by atoms with E-state index in [4.69, 9.17) is 37.9 Å². The predicted molar refractivity (Wildman–Crippen MR) is 272 cm³/mol. The maximum absolute atomic E-state index is 13.8. The smallest absolute Gasteiger partial charge is 0.408 e. The lowest BCUT2D eigenvalue weighted by atomic mass is 10.1. The van der Waals surface area contributed by atoms with Crippen LogP contribution in [-0.2, 0) is 67.8 Å². The number of benzene rings is 6. The molecule has 0 saturated carbocycles. The van der Waals surface area contributed by atoms with Crippen molar-refractivity contribution in [3.8, 4) is 23.0 Å². The minimum atomic E-state index is -1.23. The second-order valence-electron chi connectivity index (χ2n) is 18.8. The Kier molecular flexibility index (Phi) is 19.5. The molecule has 0 spiro atoms. The molecule has 0 aliphatic heterocycles. The standard InChI is InChI=1S/C58H64N2O12/c1-57(2,3)71-55(63)59-47(33-45-27-29-49(67-37-41-19-11-7-12-20-41)51(35-45)69-39-43-23-15-9-16-24-43)53(61)65-31-32-66-54(62)48(60-56(64)72-58(4,5)6)34-46-28-30-50(68-38-42-21-13-8-14-22-42)52(36-46)70-40-44-25-17-10-18-26-44/h7-30,35-36,47-48H,31-34,37-40H2,1-6H3,(H,59,63)(H,60,64)/t47-,48-/m0/s1. The van der Waals surface area contributed by atoms with Crippen LogP contribution in [0.1, 0.15) is 74.9 Å². The third-order valence-corrected chi connectivity index (χ3v) is 10.4. The SMILES string of the molecule is CC(C)(C)OC(=O)N[C@@H](Cc1ccc(OCc2ccccc2)c(OCc2ccccc2)c1)C(=O)OCCOC(=O)[C@H](Cc1ccc(OCc2ccccc2)c(OCc2ccccc2)c1)NC(=O)OC(C)(C)C. The van der Waals surface area contributed by atoms with E-state index in [1.807, 2.05) is 121 Å². The van der Waals surface area contributed by atoms with Gasteiger partial charge in [-0.2, -0.15) is 0 Å². The lowest BCUT2D eigenvalue weighted by molar-refractivity contribution is -0.154. The minimum Gasteiger partial charge on any atom is -0.485 e. The molecule has 2 atom stereocenters. The summed E-state index contributed by atoms with van der Waals surface area (Å²) in [5, 5.41) is 5.28. The maximum atomic E-state index is 13.8. The molecule has 0 bridgehead atoms. The summed E-state index contributed by atoms with van der Waals surface area (Å²) < 4.78 is 47.1. The number of carbonyl (C=O) groups excluding carboxylic acids is 4. The number of carbonyl (C=O) groups is 4. The third-order valence-electron chi connectivity index (χ3n) is 10.4. The topological polar surface area (TPSA) is 166 Å². The van der Waals surface area contributed by atoms with Gasteiger partial charge in [0.25, 0.3) is 0 Å². The fraction of sp³-hybridized carbons (Fsp3) is 0.310. The molecule has 378 valence electrons. The normalized spacial score (nSPS) is 12.0. The maximum Gasteiger partial charge on any atom is 0.408 e. The van der Waals surface area contributed by atoms with Crippen molar-refractivity contribution in [3.05, 3.63) is 191 Å². The number of amides is 2. The van der Waals surface area contributed by atoms with E-state index in [0.717, 1.165) is 22.3 Å². The van der Waals surface area contributed by atoms with Crippen molar-refractivity contribution in [2.24, 2.45) is 0 Å². The van der Waals surface area contributed by atoms with Crippen LogP contribution in [0, 0.1) is 0 Å². The third kappa shape index (κ3) is 18.7. The molecule has 6 rings (SSSR count). The minimum absolute atomic E-state index is 0.0203. The molecular weight excluding hydrogens is 917 g/mol. The first-order valence-electron chi connectivity index (χ1n) is 23.8. The van der Waals surface area contributed by atoms with Crippen molar-refractivity contribution >= 4 is 24.1 Å². The second-order valence-corrected chi connectivity index (χ2v) is 18.8. The fourth-order valence-electron chi connectivity index (χ4n) is 7.01.